The summed E-state index contributed by atoms with van der Waals surface area (Å²) in [5.41, 5.74) is 1.86. The predicted octanol–water partition coefficient (Wildman–Crippen LogP) is 2.39. The standard InChI is InChI=1S/C20H20N4O3/c25-19(17-8-4-10-23(17)20(26)18-9-5-11-27-18)21-12-15-13-22-24(14-15)16-6-2-1-3-7-16/h1-3,5-7,9,11,13-14,17H,4,8,10,12H2,(H,21,25). The van der Waals surface area contributed by atoms with Crippen LogP contribution in [-0.2, 0) is 11.3 Å². The Morgan fingerprint density at radius 3 is 2.81 bits per heavy atom. The maximum atomic E-state index is 12.6. The molecule has 3 aromatic rings. The highest BCUT2D eigenvalue weighted by atomic mass is 16.3. The molecule has 0 radical (unpaired) electrons. The average molecular weight is 364 g/mol. The van der Waals surface area contributed by atoms with Crippen LogP contribution in [-0.4, -0.2) is 39.1 Å². The van der Waals surface area contributed by atoms with Gasteiger partial charge in [-0.15, -0.1) is 0 Å². The van der Waals surface area contributed by atoms with Gasteiger partial charge in [0.15, 0.2) is 5.76 Å². The fourth-order valence-corrected chi connectivity index (χ4v) is 3.30. The van der Waals surface area contributed by atoms with E-state index in [9.17, 15) is 9.59 Å². The van der Waals surface area contributed by atoms with Gasteiger partial charge in [-0.25, -0.2) is 4.68 Å². The summed E-state index contributed by atoms with van der Waals surface area (Å²) < 4.78 is 6.94. The number of furan rings is 1. The molecule has 1 fully saturated rings. The van der Waals surface area contributed by atoms with Crippen molar-refractivity contribution >= 4 is 11.8 Å². The van der Waals surface area contributed by atoms with Gasteiger partial charge in [-0.05, 0) is 37.1 Å². The van der Waals surface area contributed by atoms with Crippen molar-refractivity contribution in [3.05, 3.63) is 72.4 Å². The molecule has 1 saturated heterocycles. The van der Waals surface area contributed by atoms with Gasteiger partial charge in [0.25, 0.3) is 5.91 Å². The first-order valence-corrected chi connectivity index (χ1v) is 8.93. The molecule has 7 nitrogen and oxygen atoms in total. The first kappa shape index (κ1) is 17.1. The summed E-state index contributed by atoms with van der Waals surface area (Å²) >= 11 is 0. The molecular formula is C20H20N4O3. The van der Waals surface area contributed by atoms with Crippen molar-refractivity contribution in [2.24, 2.45) is 0 Å². The number of rotatable bonds is 5. The lowest BCUT2D eigenvalue weighted by atomic mass is 10.2. The van der Waals surface area contributed by atoms with Gasteiger partial charge >= 0.3 is 0 Å². The summed E-state index contributed by atoms with van der Waals surface area (Å²) in [4.78, 5) is 26.7. The van der Waals surface area contributed by atoms with Gasteiger partial charge in [0.1, 0.15) is 6.04 Å². The summed E-state index contributed by atoms with van der Waals surface area (Å²) in [6, 6.07) is 12.6. The molecule has 2 amide bonds. The van der Waals surface area contributed by atoms with Crippen LogP contribution in [0, 0.1) is 0 Å². The molecule has 0 aliphatic carbocycles. The maximum Gasteiger partial charge on any atom is 0.290 e. The van der Waals surface area contributed by atoms with Crippen molar-refractivity contribution in [2.45, 2.75) is 25.4 Å². The Balaban J connectivity index is 1.38. The van der Waals surface area contributed by atoms with Gasteiger partial charge in [0.05, 0.1) is 18.1 Å². The number of nitrogens with zero attached hydrogens (tertiary/aromatic N) is 3. The third-order valence-corrected chi connectivity index (χ3v) is 4.67. The highest BCUT2D eigenvalue weighted by Gasteiger charge is 2.35. The van der Waals surface area contributed by atoms with Gasteiger partial charge in [-0.3, -0.25) is 9.59 Å². The van der Waals surface area contributed by atoms with Crippen LogP contribution in [0.5, 0.6) is 0 Å². The van der Waals surface area contributed by atoms with Crippen molar-refractivity contribution in [1.82, 2.24) is 20.0 Å². The van der Waals surface area contributed by atoms with Crippen LogP contribution in [0.1, 0.15) is 29.0 Å². The third-order valence-electron chi connectivity index (χ3n) is 4.67. The molecule has 0 bridgehead atoms. The molecule has 1 aliphatic rings. The molecule has 27 heavy (non-hydrogen) atoms. The number of nitrogens with one attached hydrogen (secondary N) is 1. The largest absolute Gasteiger partial charge is 0.459 e. The van der Waals surface area contributed by atoms with Crippen LogP contribution >= 0.6 is 0 Å². The van der Waals surface area contributed by atoms with Crippen molar-refractivity contribution < 1.29 is 14.0 Å². The van der Waals surface area contributed by atoms with Gasteiger partial charge in [-0.1, -0.05) is 18.2 Å². The number of carbonyl (C=O) groups is 2. The van der Waals surface area contributed by atoms with E-state index in [1.165, 1.54) is 6.26 Å². The topological polar surface area (TPSA) is 80.4 Å². The second-order valence-corrected chi connectivity index (χ2v) is 6.48. The molecule has 1 atom stereocenters. The van der Waals surface area contributed by atoms with Crippen LogP contribution in [0.3, 0.4) is 0 Å². The zero-order valence-corrected chi connectivity index (χ0v) is 14.7. The van der Waals surface area contributed by atoms with Crippen molar-refractivity contribution in [2.75, 3.05) is 6.54 Å². The zero-order valence-electron chi connectivity index (χ0n) is 14.7. The first-order valence-electron chi connectivity index (χ1n) is 8.93. The summed E-state index contributed by atoms with van der Waals surface area (Å²) in [6.07, 6.45) is 6.53. The number of aromatic nitrogens is 2. The van der Waals surface area contributed by atoms with Gasteiger partial charge in [0.2, 0.25) is 5.91 Å². The van der Waals surface area contributed by atoms with E-state index < -0.39 is 6.04 Å². The van der Waals surface area contributed by atoms with Gasteiger partial charge < -0.3 is 14.6 Å². The Bertz CT molecular complexity index is 918. The van der Waals surface area contributed by atoms with E-state index >= 15 is 0 Å². The van der Waals surface area contributed by atoms with Gasteiger partial charge in [-0.2, -0.15) is 5.10 Å². The average Bonchev–Trinajstić information content (AvgIpc) is 3.47. The molecule has 4 rings (SSSR count). The van der Waals surface area contributed by atoms with Gasteiger partial charge in [0, 0.05) is 24.8 Å². The second kappa shape index (κ2) is 7.49. The number of benzene rings is 1. The molecule has 0 saturated carbocycles. The fourth-order valence-electron chi connectivity index (χ4n) is 3.30. The Kier molecular flexibility index (Phi) is 4.74. The van der Waals surface area contributed by atoms with Crippen LogP contribution in [0.15, 0.2) is 65.5 Å². The van der Waals surface area contributed by atoms with E-state index in [1.54, 1.807) is 27.9 Å². The first-order chi connectivity index (χ1) is 13.2. The number of likely N-dealkylation sites (tertiary alicyclic amines) is 1. The summed E-state index contributed by atoms with van der Waals surface area (Å²) in [6.45, 7) is 0.925. The van der Waals surface area contributed by atoms with E-state index in [2.05, 4.69) is 10.4 Å². The molecule has 1 aromatic carbocycles. The van der Waals surface area contributed by atoms with E-state index in [4.69, 9.17) is 4.42 Å². The van der Waals surface area contributed by atoms with E-state index in [0.717, 1.165) is 17.7 Å². The van der Waals surface area contributed by atoms with E-state index in [1.807, 2.05) is 36.5 Å². The number of amides is 2. The van der Waals surface area contributed by atoms with Crippen LogP contribution in [0.25, 0.3) is 5.69 Å². The quantitative estimate of drug-likeness (QED) is 0.754. The lowest BCUT2D eigenvalue weighted by molar-refractivity contribution is -0.125. The Morgan fingerprint density at radius 2 is 2.04 bits per heavy atom. The summed E-state index contributed by atoms with van der Waals surface area (Å²) in [5, 5.41) is 7.25. The lowest BCUT2D eigenvalue weighted by Gasteiger charge is -2.22. The SMILES string of the molecule is O=C(NCc1cnn(-c2ccccc2)c1)C1CCCN1C(=O)c1ccco1. The van der Waals surface area contributed by atoms with E-state index in [-0.39, 0.29) is 17.6 Å². The van der Waals surface area contributed by atoms with Crippen LogP contribution in [0.2, 0.25) is 0 Å². The molecular weight excluding hydrogens is 344 g/mol. The fraction of sp³-hybridized carbons (Fsp3) is 0.250. The smallest absolute Gasteiger partial charge is 0.290 e. The zero-order chi connectivity index (χ0) is 18.6. The molecule has 7 heteroatoms. The van der Waals surface area contributed by atoms with Crippen molar-refractivity contribution in [1.29, 1.82) is 0 Å². The number of hydrogen-bond donors (Lipinski definition) is 1. The predicted molar refractivity (Wildman–Crippen MR) is 98.2 cm³/mol. The maximum absolute atomic E-state index is 12.6. The number of hydrogen-bond acceptors (Lipinski definition) is 4. The van der Waals surface area contributed by atoms with Crippen molar-refractivity contribution in [3.63, 3.8) is 0 Å². The normalized spacial score (nSPS) is 16.4. The van der Waals surface area contributed by atoms with Crippen LogP contribution < -0.4 is 5.32 Å². The van der Waals surface area contributed by atoms with Crippen LogP contribution in [0.4, 0.5) is 0 Å². The second-order valence-electron chi connectivity index (χ2n) is 6.48. The highest BCUT2D eigenvalue weighted by molar-refractivity contribution is 5.95. The molecule has 0 spiro atoms. The molecule has 138 valence electrons. The molecule has 3 heterocycles. The molecule has 1 aliphatic heterocycles. The molecule has 1 N–H and O–H groups in total. The Hall–Kier alpha value is -3.35. The number of para-hydroxylation sites is 1. The summed E-state index contributed by atoms with van der Waals surface area (Å²) in [7, 11) is 0. The highest BCUT2D eigenvalue weighted by Crippen LogP contribution is 2.20. The minimum atomic E-state index is -0.466. The minimum Gasteiger partial charge on any atom is -0.459 e. The summed E-state index contributed by atoms with van der Waals surface area (Å²) in [5.74, 6) is -0.131. The third kappa shape index (κ3) is 3.62. The lowest BCUT2D eigenvalue weighted by Crippen LogP contribution is -2.45. The number of carbonyl (C=O) groups excluding carboxylic acids is 2. The van der Waals surface area contributed by atoms with E-state index in [0.29, 0.717) is 19.5 Å². The monoisotopic (exact) mass is 364 g/mol. The Labute approximate surface area is 156 Å². The molecule has 1 unspecified atom stereocenters. The minimum absolute atomic E-state index is 0.153. The van der Waals surface area contributed by atoms with Crippen molar-refractivity contribution in [3.8, 4) is 5.69 Å². The Morgan fingerprint density at radius 1 is 1.19 bits per heavy atom. The molecule has 2 aromatic heterocycles.